The molecule has 0 spiro atoms. The van der Waals surface area contributed by atoms with Gasteiger partial charge in [-0.25, -0.2) is 0 Å². The average molecular weight is 436 g/mol. The predicted molar refractivity (Wildman–Crippen MR) is 121 cm³/mol. The van der Waals surface area contributed by atoms with Crippen molar-refractivity contribution in [2.24, 2.45) is 0 Å². The van der Waals surface area contributed by atoms with Crippen LogP contribution in [-0.4, -0.2) is 24.3 Å². The molecule has 3 N–H and O–H groups in total. The Morgan fingerprint density at radius 2 is 1.45 bits per heavy atom. The summed E-state index contributed by atoms with van der Waals surface area (Å²) in [6.07, 6.45) is 0.688. The van der Waals surface area contributed by atoms with Crippen LogP contribution in [0.1, 0.15) is 21.5 Å². The van der Waals surface area contributed by atoms with E-state index < -0.39 is 11.8 Å². The van der Waals surface area contributed by atoms with Gasteiger partial charge in [0.1, 0.15) is 0 Å². The largest absolute Gasteiger partial charge is 0.352 e. The van der Waals surface area contributed by atoms with Crippen LogP contribution in [0.2, 0.25) is 5.02 Å². The lowest BCUT2D eigenvalue weighted by Crippen LogP contribution is -2.35. The lowest BCUT2D eigenvalue weighted by Gasteiger charge is -2.12. The number of nitrogens with one attached hydrogen (secondary N) is 3. The minimum Gasteiger partial charge on any atom is -0.352 e. The highest BCUT2D eigenvalue weighted by atomic mass is 35.5. The van der Waals surface area contributed by atoms with Gasteiger partial charge in [-0.3, -0.25) is 14.4 Å². The maximum Gasteiger partial charge on any atom is 0.313 e. The first-order valence-corrected chi connectivity index (χ1v) is 10.2. The van der Waals surface area contributed by atoms with E-state index in [1.807, 2.05) is 30.3 Å². The number of benzene rings is 3. The molecule has 31 heavy (non-hydrogen) atoms. The van der Waals surface area contributed by atoms with Crippen molar-refractivity contribution in [2.45, 2.75) is 13.0 Å². The van der Waals surface area contributed by atoms with E-state index in [9.17, 15) is 14.4 Å². The molecule has 0 heterocycles. The van der Waals surface area contributed by atoms with Gasteiger partial charge < -0.3 is 16.0 Å². The molecule has 3 amide bonds. The Balaban J connectivity index is 1.55. The van der Waals surface area contributed by atoms with Gasteiger partial charge in [0.2, 0.25) is 0 Å². The van der Waals surface area contributed by atoms with Crippen LogP contribution in [0.25, 0.3) is 0 Å². The fourth-order valence-corrected chi connectivity index (χ4v) is 3.15. The van der Waals surface area contributed by atoms with Crippen molar-refractivity contribution in [3.05, 3.63) is 101 Å². The number of amides is 3. The maximum atomic E-state index is 12.6. The summed E-state index contributed by atoms with van der Waals surface area (Å²) in [5.41, 5.74) is 2.43. The van der Waals surface area contributed by atoms with Gasteiger partial charge in [-0.1, -0.05) is 66.2 Å². The molecule has 3 aromatic carbocycles. The number of para-hydroxylation sites is 1. The smallest absolute Gasteiger partial charge is 0.313 e. The van der Waals surface area contributed by atoms with Crippen LogP contribution >= 0.6 is 11.6 Å². The average Bonchev–Trinajstić information content (AvgIpc) is 2.78. The molecule has 158 valence electrons. The lowest BCUT2D eigenvalue weighted by molar-refractivity contribution is -0.136. The molecule has 0 unspecified atom stereocenters. The molecule has 0 saturated carbocycles. The quantitative estimate of drug-likeness (QED) is 0.496. The summed E-state index contributed by atoms with van der Waals surface area (Å²) in [6, 6.07) is 23.3. The van der Waals surface area contributed by atoms with E-state index in [0.717, 1.165) is 11.1 Å². The number of carbonyl (C=O) groups is 3. The van der Waals surface area contributed by atoms with Crippen molar-refractivity contribution in [1.82, 2.24) is 10.6 Å². The number of halogens is 1. The summed E-state index contributed by atoms with van der Waals surface area (Å²) in [7, 11) is 0. The Morgan fingerprint density at radius 1 is 0.742 bits per heavy atom. The molecule has 3 aromatic rings. The van der Waals surface area contributed by atoms with Crippen molar-refractivity contribution in [2.75, 3.05) is 11.9 Å². The zero-order valence-corrected chi connectivity index (χ0v) is 17.5. The maximum absolute atomic E-state index is 12.6. The Morgan fingerprint density at radius 3 is 2.23 bits per heavy atom. The third-order valence-electron chi connectivity index (χ3n) is 4.51. The van der Waals surface area contributed by atoms with Crippen molar-refractivity contribution < 1.29 is 14.4 Å². The van der Waals surface area contributed by atoms with E-state index in [-0.39, 0.29) is 23.7 Å². The Hall–Kier alpha value is -3.64. The number of anilines is 1. The van der Waals surface area contributed by atoms with E-state index in [4.69, 9.17) is 11.6 Å². The summed E-state index contributed by atoms with van der Waals surface area (Å²) >= 11 is 5.92. The summed E-state index contributed by atoms with van der Waals surface area (Å²) < 4.78 is 0. The molecule has 0 radical (unpaired) electrons. The molecule has 7 heteroatoms. The Bertz CT molecular complexity index is 1070. The van der Waals surface area contributed by atoms with E-state index in [1.165, 1.54) is 0 Å². The highest BCUT2D eigenvalue weighted by Gasteiger charge is 2.17. The first-order valence-electron chi connectivity index (χ1n) is 9.77. The van der Waals surface area contributed by atoms with E-state index in [1.54, 1.807) is 48.5 Å². The van der Waals surface area contributed by atoms with Crippen LogP contribution in [0.15, 0.2) is 78.9 Å². The van der Waals surface area contributed by atoms with Gasteiger partial charge in [-0.05, 0) is 41.8 Å². The van der Waals surface area contributed by atoms with E-state index in [0.29, 0.717) is 18.0 Å². The molecule has 0 aliphatic carbocycles. The third-order valence-corrected chi connectivity index (χ3v) is 4.75. The van der Waals surface area contributed by atoms with Crippen molar-refractivity contribution in [3.63, 3.8) is 0 Å². The second-order valence-corrected chi connectivity index (χ2v) is 7.24. The van der Waals surface area contributed by atoms with Gasteiger partial charge in [-0.2, -0.15) is 0 Å². The van der Waals surface area contributed by atoms with Crippen LogP contribution in [0.4, 0.5) is 5.69 Å². The normalized spacial score (nSPS) is 10.2. The fraction of sp³-hybridized carbons (Fsp3) is 0.125. The molecule has 0 atom stereocenters. The Labute approximate surface area is 185 Å². The lowest BCUT2D eigenvalue weighted by atomic mass is 10.1. The molecule has 6 nitrogen and oxygen atoms in total. The topological polar surface area (TPSA) is 87.3 Å². The van der Waals surface area contributed by atoms with E-state index in [2.05, 4.69) is 16.0 Å². The van der Waals surface area contributed by atoms with Gasteiger partial charge in [0.15, 0.2) is 0 Å². The van der Waals surface area contributed by atoms with Gasteiger partial charge in [-0.15, -0.1) is 0 Å². The van der Waals surface area contributed by atoms with Gasteiger partial charge >= 0.3 is 11.8 Å². The molecule has 0 saturated heterocycles. The standard InChI is InChI=1S/C24H22ClN3O3/c25-19-10-6-9-18(15-19)16-27-23(30)24(31)28-21-12-5-4-11-20(21)22(29)26-14-13-17-7-2-1-3-8-17/h1-12,15H,13-14,16H2,(H,26,29)(H,27,30)(H,28,31). The van der Waals surface area contributed by atoms with Crippen LogP contribution in [0.5, 0.6) is 0 Å². The van der Waals surface area contributed by atoms with Crippen LogP contribution in [0, 0.1) is 0 Å². The molecule has 0 aromatic heterocycles. The first kappa shape index (κ1) is 22.1. The number of hydrogen-bond donors (Lipinski definition) is 3. The summed E-state index contributed by atoms with van der Waals surface area (Å²) in [5, 5.41) is 8.43. The van der Waals surface area contributed by atoms with Gasteiger partial charge in [0.05, 0.1) is 11.3 Å². The molecular weight excluding hydrogens is 414 g/mol. The SMILES string of the molecule is O=C(NCc1cccc(Cl)c1)C(=O)Nc1ccccc1C(=O)NCCc1ccccc1. The highest BCUT2D eigenvalue weighted by Crippen LogP contribution is 2.15. The van der Waals surface area contributed by atoms with Crippen molar-refractivity contribution >= 4 is 35.0 Å². The van der Waals surface area contributed by atoms with Crippen LogP contribution < -0.4 is 16.0 Å². The monoisotopic (exact) mass is 435 g/mol. The van der Waals surface area contributed by atoms with E-state index >= 15 is 0 Å². The molecule has 0 aliphatic heterocycles. The summed E-state index contributed by atoms with van der Waals surface area (Å²) in [5.74, 6) is -1.99. The zero-order valence-electron chi connectivity index (χ0n) is 16.7. The minimum absolute atomic E-state index is 0.161. The predicted octanol–water partition coefficient (Wildman–Crippen LogP) is 3.57. The number of hydrogen-bond acceptors (Lipinski definition) is 3. The molecular formula is C24H22ClN3O3. The first-order chi connectivity index (χ1) is 15.0. The third kappa shape index (κ3) is 6.69. The van der Waals surface area contributed by atoms with Crippen LogP contribution in [-0.2, 0) is 22.6 Å². The highest BCUT2D eigenvalue weighted by molar-refractivity contribution is 6.40. The van der Waals surface area contributed by atoms with Crippen molar-refractivity contribution in [1.29, 1.82) is 0 Å². The fourth-order valence-electron chi connectivity index (χ4n) is 2.94. The summed E-state index contributed by atoms with van der Waals surface area (Å²) in [4.78, 5) is 37.0. The number of carbonyl (C=O) groups excluding carboxylic acids is 3. The number of rotatable bonds is 7. The molecule has 0 aliphatic rings. The molecule has 0 bridgehead atoms. The summed E-state index contributed by atoms with van der Waals surface area (Å²) in [6.45, 7) is 0.611. The second-order valence-electron chi connectivity index (χ2n) is 6.80. The minimum atomic E-state index is -0.855. The Kier molecular flexibility index (Phi) is 7.79. The van der Waals surface area contributed by atoms with Crippen molar-refractivity contribution in [3.8, 4) is 0 Å². The molecule has 0 fully saturated rings. The second kappa shape index (κ2) is 10.9. The van der Waals surface area contributed by atoms with Gasteiger partial charge in [0.25, 0.3) is 5.91 Å². The zero-order chi connectivity index (χ0) is 22.1. The molecule has 3 rings (SSSR count). The van der Waals surface area contributed by atoms with Gasteiger partial charge in [0, 0.05) is 18.1 Å². The van der Waals surface area contributed by atoms with Crippen LogP contribution in [0.3, 0.4) is 0 Å².